The van der Waals surface area contributed by atoms with Crippen LogP contribution in [0.4, 0.5) is 5.69 Å². The SMILES string of the molecule is CCC(C)C(NC(=O)C1Cc2ccccc2CN1)C(=O)Nc1cc(C)cc(C)c1. The van der Waals surface area contributed by atoms with Crippen molar-refractivity contribution in [1.82, 2.24) is 10.6 Å². The standard InChI is InChI=1S/C24H31N3O2/c1-5-17(4)22(24(29)26-20-11-15(2)10-16(3)12-20)27-23(28)21-13-18-8-6-7-9-19(18)14-25-21/h6-12,17,21-22,25H,5,13-14H2,1-4H3,(H,26,29)(H,27,28). The zero-order chi connectivity index (χ0) is 21.0. The number of aryl methyl sites for hydroxylation is 2. The average molecular weight is 394 g/mol. The van der Waals surface area contributed by atoms with E-state index in [1.807, 2.05) is 52.0 Å². The van der Waals surface area contributed by atoms with E-state index in [4.69, 9.17) is 0 Å². The molecule has 1 heterocycles. The van der Waals surface area contributed by atoms with Crippen LogP contribution in [0.5, 0.6) is 0 Å². The molecule has 3 N–H and O–H groups in total. The fraction of sp³-hybridized carbons (Fsp3) is 0.417. The second kappa shape index (κ2) is 9.23. The lowest BCUT2D eigenvalue weighted by Gasteiger charge is -2.29. The third kappa shape index (κ3) is 5.24. The van der Waals surface area contributed by atoms with Gasteiger partial charge in [0.15, 0.2) is 0 Å². The summed E-state index contributed by atoms with van der Waals surface area (Å²) in [5.41, 5.74) is 5.36. The Morgan fingerprint density at radius 3 is 2.41 bits per heavy atom. The third-order valence-electron chi connectivity index (χ3n) is 5.68. The molecule has 0 spiro atoms. The van der Waals surface area contributed by atoms with Gasteiger partial charge in [-0.3, -0.25) is 9.59 Å². The van der Waals surface area contributed by atoms with Crippen LogP contribution < -0.4 is 16.0 Å². The van der Waals surface area contributed by atoms with Crippen LogP contribution in [0, 0.1) is 19.8 Å². The molecule has 0 bridgehead atoms. The van der Waals surface area contributed by atoms with Gasteiger partial charge in [-0.2, -0.15) is 0 Å². The van der Waals surface area contributed by atoms with Crippen molar-refractivity contribution in [3.05, 3.63) is 64.7 Å². The molecule has 0 aromatic heterocycles. The molecule has 5 nitrogen and oxygen atoms in total. The van der Waals surface area contributed by atoms with Crippen molar-refractivity contribution in [2.75, 3.05) is 5.32 Å². The summed E-state index contributed by atoms with van der Waals surface area (Å²) in [6.45, 7) is 8.70. The number of nitrogens with one attached hydrogen (secondary N) is 3. The summed E-state index contributed by atoms with van der Waals surface area (Å²) in [4.78, 5) is 26.0. The van der Waals surface area contributed by atoms with Crippen LogP contribution in [-0.4, -0.2) is 23.9 Å². The Kier molecular flexibility index (Phi) is 6.70. The van der Waals surface area contributed by atoms with E-state index in [9.17, 15) is 9.59 Å². The molecule has 0 aliphatic carbocycles. The summed E-state index contributed by atoms with van der Waals surface area (Å²) in [5.74, 6) is -0.269. The minimum Gasteiger partial charge on any atom is -0.343 e. The molecular formula is C24H31N3O2. The maximum absolute atomic E-state index is 13.0. The number of anilines is 1. The number of hydrogen-bond donors (Lipinski definition) is 3. The maximum Gasteiger partial charge on any atom is 0.247 e. The van der Waals surface area contributed by atoms with E-state index < -0.39 is 6.04 Å². The smallest absolute Gasteiger partial charge is 0.247 e. The summed E-state index contributed by atoms with van der Waals surface area (Å²) in [7, 11) is 0. The Bertz CT molecular complexity index is 873. The summed E-state index contributed by atoms with van der Waals surface area (Å²) >= 11 is 0. The number of carbonyl (C=O) groups excluding carboxylic acids is 2. The van der Waals surface area contributed by atoms with Gasteiger partial charge in [0, 0.05) is 12.2 Å². The molecule has 3 atom stereocenters. The Morgan fingerprint density at radius 2 is 1.76 bits per heavy atom. The highest BCUT2D eigenvalue weighted by Crippen LogP contribution is 2.18. The van der Waals surface area contributed by atoms with Crippen LogP contribution in [0.25, 0.3) is 0 Å². The van der Waals surface area contributed by atoms with Gasteiger partial charge >= 0.3 is 0 Å². The number of benzene rings is 2. The highest BCUT2D eigenvalue weighted by molar-refractivity contribution is 5.98. The number of fused-ring (bicyclic) bond motifs is 1. The number of carbonyl (C=O) groups is 2. The summed E-state index contributed by atoms with van der Waals surface area (Å²) in [6.07, 6.45) is 1.43. The third-order valence-corrected chi connectivity index (χ3v) is 5.68. The predicted molar refractivity (Wildman–Crippen MR) is 117 cm³/mol. The monoisotopic (exact) mass is 393 g/mol. The van der Waals surface area contributed by atoms with Crippen LogP contribution in [-0.2, 0) is 22.6 Å². The largest absolute Gasteiger partial charge is 0.343 e. The van der Waals surface area contributed by atoms with E-state index in [2.05, 4.69) is 34.1 Å². The topological polar surface area (TPSA) is 70.2 Å². The molecule has 154 valence electrons. The Hall–Kier alpha value is -2.66. The van der Waals surface area contributed by atoms with Crippen LogP contribution in [0.15, 0.2) is 42.5 Å². The highest BCUT2D eigenvalue weighted by atomic mass is 16.2. The van der Waals surface area contributed by atoms with Crippen molar-refractivity contribution >= 4 is 17.5 Å². The quantitative estimate of drug-likeness (QED) is 0.704. The molecular weight excluding hydrogens is 362 g/mol. The van der Waals surface area contributed by atoms with E-state index in [1.54, 1.807) is 0 Å². The Morgan fingerprint density at radius 1 is 1.10 bits per heavy atom. The molecule has 3 unspecified atom stereocenters. The molecule has 29 heavy (non-hydrogen) atoms. The molecule has 3 rings (SSSR count). The molecule has 1 aliphatic heterocycles. The summed E-state index contributed by atoms with van der Waals surface area (Å²) < 4.78 is 0. The van der Waals surface area contributed by atoms with Gasteiger partial charge in [-0.25, -0.2) is 0 Å². The van der Waals surface area contributed by atoms with Gasteiger partial charge in [-0.1, -0.05) is 50.6 Å². The van der Waals surface area contributed by atoms with Crippen molar-refractivity contribution in [3.63, 3.8) is 0 Å². The van der Waals surface area contributed by atoms with Gasteiger partial charge < -0.3 is 16.0 Å². The Labute approximate surface area is 173 Å². The number of rotatable bonds is 6. The van der Waals surface area contributed by atoms with Crippen LogP contribution in [0.2, 0.25) is 0 Å². The lowest BCUT2D eigenvalue weighted by atomic mass is 9.94. The van der Waals surface area contributed by atoms with Gasteiger partial charge in [0.05, 0.1) is 6.04 Å². The number of amides is 2. The molecule has 2 aromatic carbocycles. The first-order valence-corrected chi connectivity index (χ1v) is 10.4. The molecule has 0 fully saturated rings. The first kappa shape index (κ1) is 21.1. The van der Waals surface area contributed by atoms with E-state index >= 15 is 0 Å². The maximum atomic E-state index is 13.0. The molecule has 5 heteroatoms. The van der Waals surface area contributed by atoms with Crippen LogP contribution >= 0.6 is 0 Å². The van der Waals surface area contributed by atoms with Crippen molar-refractivity contribution < 1.29 is 9.59 Å². The first-order valence-electron chi connectivity index (χ1n) is 10.4. The van der Waals surface area contributed by atoms with Gasteiger partial charge in [0.25, 0.3) is 0 Å². The fourth-order valence-electron chi connectivity index (χ4n) is 3.86. The van der Waals surface area contributed by atoms with Crippen molar-refractivity contribution in [2.24, 2.45) is 5.92 Å². The summed E-state index contributed by atoms with van der Waals surface area (Å²) in [6, 6.07) is 13.2. The van der Waals surface area contributed by atoms with E-state index in [-0.39, 0.29) is 23.8 Å². The predicted octanol–water partition coefficient (Wildman–Crippen LogP) is 3.49. The zero-order valence-electron chi connectivity index (χ0n) is 17.7. The van der Waals surface area contributed by atoms with E-state index in [0.717, 1.165) is 23.2 Å². The van der Waals surface area contributed by atoms with Gasteiger partial charge in [-0.05, 0) is 60.6 Å². The van der Waals surface area contributed by atoms with Crippen molar-refractivity contribution in [3.8, 4) is 0 Å². The molecule has 0 radical (unpaired) electrons. The molecule has 0 saturated carbocycles. The zero-order valence-corrected chi connectivity index (χ0v) is 17.7. The van der Waals surface area contributed by atoms with Gasteiger partial charge in [-0.15, -0.1) is 0 Å². The van der Waals surface area contributed by atoms with Crippen molar-refractivity contribution in [2.45, 2.75) is 59.2 Å². The van der Waals surface area contributed by atoms with Gasteiger partial charge in [0.1, 0.15) is 6.04 Å². The number of hydrogen-bond acceptors (Lipinski definition) is 3. The molecule has 1 aliphatic rings. The summed E-state index contributed by atoms with van der Waals surface area (Å²) in [5, 5.41) is 9.29. The molecule has 2 aromatic rings. The molecule has 0 saturated heterocycles. The average Bonchev–Trinajstić information content (AvgIpc) is 2.70. The molecule has 2 amide bonds. The normalized spacial score (nSPS) is 17.7. The van der Waals surface area contributed by atoms with E-state index in [0.29, 0.717) is 13.0 Å². The fourth-order valence-corrected chi connectivity index (χ4v) is 3.86. The lowest BCUT2D eigenvalue weighted by Crippen LogP contribution is -2.55. The highest BCUT2D eigenvalue weighted by Gasteiger charge is 2.30. The second-order valence-corrected chi connectivity index (χ2v) is 8.14. The van der Waals surface area contributed by atoms with Crippen molar-refractivity contribution in [1.29, 1.82) is 0 Å². The Balaban J connectivity index is 1.70. The first-order chi connectivity index (χ1) is 13.9. The van der Waals surface area contributed by atoms with Gasteiger partial charge in [0.2, 0.25) is 11.8 Å². The minimum absolute atomic E-state index is 0.0285. The van der Waals surface area contributed by atoms with E-state index in [1.165, 1.54) is 11.1 Å². The minimum atomic E-state index is -0.577. The van der Waals surface area contributed by atoms with Crippen LogP contribution in [0.1, 0.15) is 42.5 Å². The van der Waals surface area contributed by atoms with Crippen LogP contribution in [0.3, 0.4) is 0 Å². The lowest BCUT2D eigenvalue weighted by molar-refractivity contribution is -0.129. The second-order valence-electron chi connectivity index (χ2n) is 8.14.